The molecule has 5 nitrogen and oxygen atoms in total. The molecule has 2 rings (SSSR count). The zero-order chi connectivity index (χ0) is 13.3. The van der Waals surface area contributed by atoms with Crippen molar-refractivity contribution in [2.75, 3.05) is 0 Å². The van der Waals surface area contributed by atoms with Crippen molar-refractivity contribution < 1.29 is 5.11 Å². The van der Waals surface area contributed by atoms with Crippen LogP contribution in [0.15, 0.2) is 33.9 Å². The van der Waals surface area contributed by atoms with Gasteiger partial charge in [0, 0.05) is 6.54 Å². The van der Waals surface area contributed by atoms with E-state index in [-0.39, 0.29) is 11.4 Å². The Labute approximate surface area is 103 Å². The molecule has 94 valence electrons. The number of hydrogen-bond acceptors (Lipinski definition) is 3. The van der Waals surface area contributed by atoms with Crippen molar-refractivity contribution in [2.45, 2.75) is 20.4 Å². The topological polar surface area (TPSA) is 75.1 Å². The molecule has 2 N–H and O–H groups in total. The van der Waals surface area contributed by atoms with Crippen LogP contribution in [-0.4, -0.2) is 14.7 Å². The highest BCUT2D eigenvalue weighted by Crippen LogP contribution is 2.24. The Morgan fingerprint density at radius 3 is 2.67 bits per heavy atom. The zero-order valence-electron chi connectivity index (χ0n) is 10.2. The van der Waals surface area contributed by atoms with Gasteiger partial charge >= 0.3 is 5.69 Å². The van der Waals surface area contributed by atoms with Gasteiger partial charge in [-0.15, -0.1) is 0 Å². The number of aryl methyl sites for hydroxylation is 1. The standard InChI is InChI=1S/C13H14N2O3/c1-3-15-12(17)10(11(16)14-13(15)18)9-6-4-5-8(2)7-9/h4-7,17H,3H2,1-2H3,(H,14,16,18). The maximum Gasteiger partial charge on any atom is 0.331 e. The lowest BCUT2D eigenvalue weighted by molar-refractivity contribution is 0.408. The molecule has 0 fully saturated rings. The Bertz CT molecular complexity index is 698. The number of H-pyrrole nitrogens is 1. The summed E-state index contributed by atoms with van der Waals surface area (Å²) in [7, 11) is 0. The number of aromatic nitrogens is 2. The summed E-state index contributed by atoms with van der Waals surface area (Å²) in [6.45, 7) is 3.91. The third-order valence-corrected chi connectivity index (χ3v) is 2.79. The van der Waals surface area contributed by atoms with E-state index in [0.717, 1.165) is 10.1 Å². The molecule has 0 radical (unpaired) electrons. The van der Waals surface area contributed by atoms with E-state index in [9.17, 15) is 14.7 Å². The summed E-state index contributed by atoms with van der Waals surface area (Å²) < 4.78 is 1.12. The van der Waals surface area contributed by atoms with E-state index in [2.05, 4.69) is 4.98 Å². The number of aromatic amines is 1. The lowest BCUT2D eigenvalue weighted by Crippen LogP contribution is -2.30. The first-order chi connectivity index (χ1) is 8.54. The van der Waals surface area contributed by atoms with Crippen molar-refractivity contribution in [3.63, 3.8) is 0 Å². The van der Waals surface area contributed by atoms with Gasteiger partial charge in [-0.3, -0.25) is 14.3 Å². The van der Waals surface area contributed by atoms with Gasteiger partial charge in [0.25, 0.3) is 5.56 Å². The molecular weight excluding hydrogens is 232 g/mol. The van der Waals surface area contributed by atoms with Crippen molar-refractivity contribution in [1.82, 2.24) is 9.55 Å². The second-order valence-electron chi connectivity index (χ2n) is 4.07. The highest BCUT2D eigenvalue weighted by Gasteiger charge is 2.14. The van der Waals surface area contributed by atoms with E-state index in [0.29, 0.717) is 12.1 Å². The number of aromatic hydroxyl groups is 1. The average molecular weight is 246 g/mol. The maximum absolute atomic E-state index is 11.8. The molecule has 0 saturated heterocycles. The van der Waals surface area contributed by atoms with Gasteiger partial charge in [-0.1, -0.05) is 29.8 Å². The maximum atomic E-state index is 11.8. The van der Waals surface area contributed by atoms with Gasteiger partial charge in [0.15, 0.2) is 0 Å². The Hall–Kier alpha value is -2.30. The number of nitrogens with zero attached hydrogens (tertiary/aromatic N) is 1. The third kappa shape index (κ3) is 1.95. The van der Waals surface area contributed by atoms with Gasteiger partial charge in [0.05, 0.1) is 0 Å². The van der Waals surface area contributed by atoms with Gasteiger partial charge in [0.1, 0.15) is 5.56 Å². The van der Waals surface area contributed by atoms with Crippen molar-refractivity contribution in [3.05, 3.63) is 50.7 Å². The molecule has 0 unspecified atom stereocenters. The largest absolute Gasteiger partial charge is 0.494 e. The smallest absolute Gasteiger partial charge is 0.331 e. The normalized spacial score (nSPS) is 10.6. The summed E-state index contributed by atoms with van der Waals surface area (Å²) >= 11 is 0. The fraction of sp³-hybridized carbons (Fsp3) is 0.231. The molecule has 0 spiro atoms. The summed E-state index contributed by atoms with van der Waals surface area (Å²) in [4.78, 5) is 25.5. The summed E-state index contributed by atoms with van der Waals surface area (Å²) in [5.41, 5.74) is 0.515. The zero-order valence-corrected chi connectivity index (χ0v) is 10.2. The van der Waals surface area contributed by atoms with Crippen LogP contribution in [0, 0.1) is 6.92 Å². The van der Waals surface area contributed by atoms with Gasteiger partial charge in [-0.25, -0.2) is 4.79 Å². The van der Waals surface area contributed by atoms with Gasteiger partial charge in [-0.2, -0.15) is 0 Å². The highest BCUT2D eigenvalue weighted by atomic mass is 16.3. The molecule has 0 saturated carbocycles. The number of nitrogens with one attached hydrogen (secondary N) is 1. The Balaban J connectivity index is 2.80. The lowest BCUT2D eigenvalue weighted by Gasteiger charge is -2.09. The third-order valence-electron chi connectivity index (χ3n) is 2.79. The van der Waals surface area contributed by atoms with Crippen molar-refractivity contribution in [2.24, 2.45) is 0 Å². The van der Waals surface area contributed by atoms with Crippen LogP contribution >= 0.6 is 0 Å². The minimum absolute atomic E-state index is 0.125. The van der Waals surface area contributed by atoms with Gasteiger partial charge in [-0.05, 0) is 19.4 Å². The number of benzene rings is 1. The molecule has 1 heterocycles. The van der Waals surface area contributed by atoms with E-state index in [1.807, 2.05) is 13.0 Å². The second-order valence-corrected chi connectivity index (χ2v) is 4.07. The Morgan fingerprint density at radius 1 is 1.33 bits per heavy atom. The molecule has 1 aromatic carbocycles. The second kappa shape index (κ2) is 4.52. The Kier molecular flexibility index (Phi) is 3.06. The van der Waals surface area contributed by atoms with Crippen molar-refractivity contribution >= 4 is 0 Å². The van der Waals surface area contributed by atoms with E-state index in [1.165, 1.54) is 0 Å². The summed E-state index contributed by atoms with van der Waals surface area (Å²) in [5, 5.41) is 10.0. The van der Waals surface area contributed by atoms with Crippen LogP contribution in [-0.2, 0) is 6.54 Å². The molecule has 0 bridgehead atoms. The first kappa shape index (κ1) is 12.2. The quantitative estimate of drug-likeness (QED) is 0.837. The summed E-state index contributed by atoms with van der Waals surface area (Å²) in [6.07, 6.45) is 0. The van der Waals surface area contributed by atoms with E-state index < -0.39 is 11.2 Å². The fourth-order valence-corrected chi connectivity index (χ4v) is 1.91. The molecule has 0 amide bonds. The summed E-state index contributed by atoms with van der Waals surface area (Å²) in [5.74, 6) is -0.295. The van der Waals surface area contributed by atoms with E-state index in [1.54, 1.807) is 25.1 Å². The van der Waals surface area contributed by atoms with Crippen LogP contribution in [0.25, 0.3) is 11.1 Å². The Morgan fingerprint density at radius 2 is 2.06 bits per heavy atom. The minimum atomic E-state index is -0.601. The average Bonchev–Trinajstić information content (AvgIpc) is 2.28. The van der Waals surface area contributed by atoms with E-state index >= 15 is 0 Å². The van der Waals surface area contributed by atoms with Crippen LogP contribution < -0.4 is 11.2 Å². The van der Waals surface area contributed by atoms with Crippen LogP contribution in [0.2, 0.25) is 0 Å². The van der Waals surface area contributed by atoms with Crippen LogP contribution in [0.3, 0.4) is 0 Å². The first-order valence-corrected chi connectivity index (χ1v) is 5.67. The molecular formula is C13H14N2O3. The minimum Gasteiger partial charge on any atom is -0.494 e. The monoisotopic (exact) mass is 246 g/mol. The first-order valence-electron chi connectivity index (χ1n) is 5.67. The predicted octanol–water partition coefficient (Wildman–Crippen LogP) is 1.24. The van der Waals surface area contributed by atoms with Crippen LogP contribution in [0.5, 0.6) is 5.88 Å². The number of rotatable bonds is 2. The van der Waals surface area contributed by atoms with Crippen molar-refractivity contribution in [3.8, 4) is 17.0 Å². The van der Waals surface area contributed by atoms with Gasteiger partial charge in [0.2, 0.25) is 5.88 Å². The molecule has 5 heteroatoms. The van der Waals surface area contributed by atoms with Crippen LogP contribution in [0.4, 0.5) is 0 Å². The molecule has 18 heavy (non-hydrogen) atoms. The lowest BCUT2D eigenvalue weighted by atomic mass is 10.1. The predicted molar refractivity (Wildman–Crippen MR) is 68.8 cm³/mol. The molecule has 2 aromatic rings. The number of hydrogen-bond donors (Lipinski definition) is 2. The van der Waals surface area contributed by atoms with E-state index in [4.69, 9.17) is 0 Å². The van der Waals surface area contributed by atoms with Crippen LogP contribution in [0.1, 0.15) is 12.5 Å². The van der Waals surface area contributed by atoms with Crippen molar-refractivity contribution in [1.29, 1.82) is 0 Å². The summed E-state index contributed by atoms with van der Waals surface area (Å²) in [6, 6.07) is 7.20. The molecule has 0 aliphatic heterocycles. The molecule has 1 aromatic heterocycles. The molecule has 0 aliphatic rings. The fourth-order valence-electron chi connectivity index (χ4n) is 1.91. The molecule has 0 aliphatic carbocycles. The SMILES string of the molecule is CCn1c(O)c(-c2cccc(C)c2)c(=O)[nH]c1=O. The van der Waals surface area contributed by atoms with Gasteiger partial charge < -0.3 is 5.11 Å². The molecule has 0 atom stereocenters. The highest BCUT2D eigenvalue weighted by molar-refractivity contribution is 5.67.